The van der Waals surface area contributed by atoms with Crippen LogP contribution in [0.2, 0.25) is 0 Å². The van der Waals surface area contributed by atoms with Crippen LogP contribution in [-0.2, 0) is 5.41 Å². The zero-order valence-electron chi connectivity index (χ0n) is 10.2. The molecule has 0 radical (unpaired) electrons. The number of hydrogen-bond acceptors (Lipinski definition) is 5. The van der Waals surface area contributed by atoms with E-state index in [4.69, 9.17) is 10.3 Å². The smallest absolute Gasteiger partial charge is 0.234 e. The molecule has 1 saturated heterocycles. The maximum Gasteiger partial charge on any atom is 0.234 e. The summed E-state index contributed by atoms with van der Waals surface area (Å²) in [7, 11) is 0. The summed E-state index contributed by atoms with van der Waals surface area (Å²) in [4.78, 5) is 4.62. The van der Waals surface area contributed by atoms with Gasteiger partial charge in [0.2, 0.25) is 5.89 Å². The second-order valence-electron chi connectivity index (χ2n) is 5.38. The molecular weight excluding hydrogens is 234 g/mol. The Morgan fingerprint density at radius 3 is 2.94 bits per heavy atom. The van der Waals surface area contributed by atoms with Crippen molar-refractivity contribution in [1.82, 2.24) is 10.1 Å². The van der Waals surface area contributed by atoms with Gasteiger partial charge < -0.3 is 10.3 Å². The molecule has 1 aliphatic heterocycles. The summed E-state index contributed by atoms with van der Waals surface area (Å²) in [6.07, 6.45) is 5.72. The van der Waals surface area contributed by atoms with Crippen LogP contribution in [0.3, 0.4) is 0 Å². The standard InChI is InChI=1S/C12H19N3OS/c1-12(6-2-5-9(12)13)11-14-10(15-16-11)8-4-3-7-17-8/h8-9H,2-7,13H2,1H3. The van der Waals surface area contributed by atoms with Crippen LogP contribution in [0.5, 0.6) is 0 Å². The van der Waals surface area contributed by atoms with Gasteiger partial charge in [0.05, 0.1) is 10.7 Å². The van der Waals surface area contributed by atoms with E-state index in [1.165, 1.54) is 18.6 Å². The number of hydrogen-bond donors (Lipinski definition) is 1. The van der Waals surface area contributed by atoms with Gasteiger partial charge in [-0.05, 0) is 38.4 Å². The first kappa shape index (κ1) is 11.5. The van der Waals surface area contributed by atoms with E-state index < -0.39 is 0 Å². The number of nitrogens with zero attached hydrogens (tertiary/aromatic N) is 2. The predicted molar refractivity (Wildman–Crippen MR) is 67.9 cm³/mol. The highest BCUT2D eigenvalue weighted by Gasteiger charge is 2.43. The van der Waals surface area contributed by atoms with Crippen molar-refractivity contribution in [1.29, 1.82) is 0 Å². The van der Waals surface area contributed by atoms with Crippen molar-refractivity contribution in [3.63, 3.8) is 0 Å². The molecule has 2 heterocycles. The third-order valence-electron chi connectivity index (χ3n) is 4.18. The van der Waals surface area contributed by atoms with E-state index in [0.29, 0.717) is 5.25 Å². The van der Waals surface area contributed by atoms with Crippen LogP contribution in [0.1, 0.15) is 56.0 Å². The minimum absolute atomic E-state index is 0.103. The topological polar surface area (TPSA) is 64.9 Å². The minimum atomic E-state index is -0.103. The average Bonchev–Trinajstić information content (AvgIpc) is 3.01. The number of thioether (sulfide) groups is 1. The molecule has 17 heavy (non-hydrogen) atoms. The molecule has 0 amide bonds. The first-order valence-corrected chi connectivity index (χ1v) is 7.46. The van der Waals surface area contributed by atoms with Gasteiger partial charge in [0.1, 0.15) is 0 Å². The lowest BCUT2D eigenvalue weighted by Crippen LogP contribution is -2.38. The average molecular weight is 253 g/mol. The molecule has 1 saturated carbocycles. The lowest BCUT2D eigenvalue weighted by molar-refractivity contribution is 0.276. The van der Waals surface area contributed by atoms with Gasteiger partial charge in [-0.15, -0.1) is 0 Å². The molecule has 2 fully saturated rings. The van der Waals surface area contributed by atoms with Crippen LogP contribution >= 0.6 is 11.8 Å². The van der Waals surface area contributed by atoms with Gasteiger partial charge in [0.25, 0.3) is 0 Å². The number of nitrogens with two attached hydrogens (primary N) is 1. The molecule has 3 atom stereocenters. The van der Waals surface area contributed by atoms with Gasteiger partial charge in [0.15, 0.2) is 5.82 Å². The summed E-state index contributed by atoms with van der Waals surface area (Å²) in [5.74, 6) is 2.85. The van der Waals surface area contributed by atoms with Crippen molar-refractivity contribution in [2.24, 2.45) is 5.73 Å². The van der Waals surface area contributed by atoms with Crippen LogP contribution < -0.4 is 5.73 Å². The van der Waals surface area contributed by atoms with Gasteiger partial charge in [-0.2, -0.15) is 16.7 Å². The van der Waals surface area contributed by atoms with E-state index in [1.54, 1.807) is 0 Å². The van der Waals surface area contributed by atoms with Gasteiger partial charge in [0, 0.05) is 6.04 Å². The quantitative estimate of drug-likeness (QED) is 0.876. The Hall–Kier alpha value is -0.550. The summed E-state index contributed by atoms with van der Waals surface area (Å²) in [6.45, 7) is 2.16. The Morgan fingerprint density at radius 1 is 1.41 bits per heavy atom. The van der Waals surface area contributed by atoms with Crippen molar-refractivity contribution in [3.8, 4) is 0 Å². The van der Waals surface area contributed by atoms with Gasteiger partial charge >= 0.3 is 0 Å². The van der Waals surface area contributed by atoms with E-state index in [-0.39, 0.29) is 11.5 Å². The lowest BCUT2D eigenvalue weighted by atomic mass is 9.85. The normalized spacial score (nSPS) is 37.8. The van der Waals surface area contributed by atoms with Crippen LogP contribution in [0.15, 0.2) is 4.52 Å². The van der Waals surface area contributed by atoms with Crippen molar-refractivity contribution in [2.45, 2.75) is 55.7 Å². The third kappa shape index (κ3) is 1.89. The Balaban J connectivity index is 1.84. The summed E-state index contributed by atoms with van der Waals surface area (Å²) in [6, 6.07) is 0.159. The van der Waals surface area contributed by atoms with E-state index in [0.717, 1.165) is 31.0 Å². The molecule has 5 heteroatoms. The second-order valence-corrected chi connectivity index (χ2v) is 6.69. The zero-order valence-corrected chi connectivity index (χ0v) is 11.0. The van der Waals surface area contributed by atoms with Gasteiger partial charge in [-0.3, -0.25) is 0 Å². The molecule has 1 aromatic heterocycles. The molecule has 0 aromatic carbocycles. The lowest BCUT2D eigenvalue weighted by Gasteiger charge is -2.23. The monoisotopic (exact) mass is 253 g/mol. The van der Waals surface area contributed by atoms with Crippen molar-refractivity contribution < 1.29 is 4.52 Å². The first-order valence-electron chi connectivity index (χ1n) is 6.41. The molecule has 94 valence electrons. The van der Waals surface area contributed by atoms with E-state index in [9.17, 15) is 0 Å². The molecule has 2 aliphatic rings. The zero-order chi connectivity index (χ0) is 11.9. The second kappa shape index (κ2) is 4.28. The van der Waals surface area contributed by atoms with Crippen molar-refractivity contribution in [2.75, 3.05) is 5.75 Å². The van der Waals surface area contributed by atoms with E-state index in [2.05, 4.69) is 17.1 Å². The molecule has 3 unspecified atom stereocenters. The molecule has 2 N–H and O–H groups in total. The fourth-order valence-corrected chi connectivity index (χ4v) is 4.03. The van der Waals surface area contributed by atoms with E-state index in [1.807, 2.05) is 11.8 Å². The maximum atomic E-state index is 6.17. The highest BCUT2D eigenvalue weighted by Crippen LogP contribution is 2.42. The van der Waals surface area contributed by atoms with Crippen LogP contribution in [0.25, 0.3) is 0 Å². The SMILES string of the molecule is CC1(c2nc(C3CCCS3)no2)CCCC1N. The number of rotatable bonds is 2. The highest BCUT2D eigenvalue weighted by molar-refractivity contribution is 7.99. The molecule has 0 bridgehead atoms. The minimum Gasteiger partial charge on any atom is -0.339 e. The molecule has 3 rings (SSSR count). The Morgan fingerprint density at radius 2 is 2.29 bits per heavy atom. The molecule has 1 aromatic rings. The summed E-state index contributed by atoms with van der Waals surface area (Å²) < 4.78 is 5.48. The van der Waals surface area contributed by atoms with Crippen molar-refractivity contribution in [3.05, 3.63) is 11.7 Å². The third-order valence-corrected chi connectivity index (χ3v) is 5.55. The van der Waals surface area contributed by atoms with Crippen LogP contribution in [0.4, 0.5) is 0 Å². The highest BCUT2D eigenvalue weighted by atomic mass is 32.2. The Kier molecular flexibility index (Phi) is 2.91. The molecular formula is C12H19N3OS. The Labute approximate surface area is 106 Å². The van der Waals surface area contributed by atoms with Crippen LogP contribution in [0, 0.1) is 0 Å². The van der Waals surface area contributed by atoms with Gasteiger partial charge in [-0.25, -0.2) is 0 Å². The van der Waals surface area contributed by atoms with E-state index >= 15 is 0 Å². The first-order chi connectivity index (χ1) is 8.20. The molecule has 0 spiro atoms. The molecule has 1 aliphatic carbocycles. The fourth-order valence-electron chi connectivity index (χ4n) is 2.84. The summed E-state index contributed by atoms with van der Waals surface area (Å²) >= 11 is 1.93. The number of aromatic nitrogens is 2. The fraction of sp³-hybridized carbons (Fsp3) is 0.833. The largest absolute Gasteiger partial charge is 0.339 e. The summed E-state index contributed by atoms with van der Waals surface area (Å²) in [5, 5.41) is 4.60. The van der Waals surface area contributed by atoms with Gasteiger partial charge in [-0.1, -0.05) is 11.6 Å². The summed E-state index contributed by atoms with van der Waals surface area (Å²) in [5.41, 5.74) is 6.07. The molecule has 4 nitrogen and oxygen atoms in total. The van der Waals surface area contributed by atoms with Crippen LogP contribution in [-0.4, -0.2) is 21.9 Å². The maximum absolute atomic E-state index is 6.17. The Bertz CT molecular complexity index is 402. The predicted octanol–water partition coefficient (Wildman–Crippen LogP) is 2.41. The van der Waals surface area contributed by atoms with Crippen molar-refractivity contribution >= 4 is 11.8 Å².